The van der Waals surface area contributed by atoms with Crippen molar-refractivity contribution in [1.29, 1.82) is 0 Å². The molecule has 17 heavy (non-hydrogen) atoms. The van der Waals surface area contributed by atoms with Crippen molar-refractivity contribution in [2.24, 2.45) is 5.41 Å². The first kappa shape index (κ1) is 12.2. The molecule has 0 aromatic heterocycles. The van der Waals surface area contributed by atoms with Crippen molar-refractivity contribution in [3.05, 3.63) is 35.4 Å². The average Bonchev–Trinajstić information content (AvgIpc) is 2.27. The van der Waals surface area contributed by atoms with Crippen molar-refractivity contribution >= 4 is 5.91 Å². The highest BCUT2D eigenvalue weighted by Crippen LogP contribution is 2.22. The minimum atomic E-state index is -0.295. The normalized spacial score (nSPS) is 19.6. The van der Waals surface area contributed by atoms with Gasteiger partial charge in [0.25, 0.3) is 0 Å². The van der Waals surface area contributed by atoms with E-state index in [4.69, 9.17) is 0 Å². The Morgan fingerprint density at radius 3 is 2.53 bits per heavy atom. The Hall–Kier alpha value is -1.31. The van der Waals surface area contributed by atoms with E-state index in [2.05, 4.69) is 29.6 Å². The standard InChI is InChI=1S/C15H21NO/c1-15(2,3)14(17)16-13-9-8-11-6-4-5-7-12(11)10-13/h4-7,13H,8-10H2,1-3H3,(H,16,17). The topological polar surface area (TPSA) is 29.1 Å². The van der Waals surface area contributed by atoms with Crippen LogP contribution in [0.15, 0.2) is 24.3 Å². The number of fused-ring (bicyclic) bond motifs is 1. The number of hydrogen-bond donors (Lipinski definition) is 1. The molecule has 1 aromatic carbocycles. The maximum atomic E-state index is 11.9. The Morgan fingerprint density at radius 1 is 1.24 bits per heavy atom. The Bertz CT molecular complexity index is 417. The van der Waals surface area contributed by atoms with E-state index < -0.39 is 0 Å². The molecular weight excluding hydrogens is 210 g/mol. The number of amides is 1. The van der Waals surface area contributed by atoms with Crippen LogP contribution < -0.4 is 5.32 Å². The first-order valence-electron chi connectivity index (χ1n) is 6.34. The molecule has 1 amide bonds. The van der Waals surface area contributed by atoms with Crippen LogP contribution >= 0.6 is 0 Å². The number of nitrogens with one attached hydrogen (secondary N) is 1. The van der Waals surface area contributed by atoms with Gasteiger partial charge in [0.2, 0.25) is 5.91 Å². The summed E-state index contributed by atoms with van der Waals surface area (Å²) in [5.74, 6) is 0.155. The summed E-state index contributed by atoms with van der Waals surface area (Å²) in [4.78, 5) is 11.9. The van der Waals surface area contributed by atoms with Gasteiger partial charge in [0.1, 0.15) is 0 Å². The van der Waals surface area contributed by atoms with Gasteiger partial charge in [-0.1, -0.05) is 45.0 Å². The molecule has 0 saturated carbocycles. The number of aryl methyl sites for hydroxylation is 1. The van der Waals surface area contributed by atoms with E-state index in [1.54, 1.807) is 0 Å². The molecule has 1 aliphatic carbocycles. The molecule has 2 heteroatoms. The molecule has 1 unspecified atom stereocenters. The predicted molar refractivity (Wildman–Crippen MR) is 69.9 cm³/mol. The highest BCUT2D eigenvalue weighted by atomic mass is 16.2. The highest BCUT2D eigenvalue weighted by Gasteiger charge is 2.26. The van der Waals surface area contributed by atoms with E-state index in [1.807, 2.05) is 20.8 Å². The molecule has 2 nitrogen and oxygen atoms in total. The number of hydrogen-bond acceptors (Lipinski definition) is 1. The second kappa shape index (κ2) is 4.52. The van der Waals surface area contributed by atoms with Gasteiger partial charge in [-0.3, -0.25) is 4.79 Å². The van der Waals surface area contributed by atoms with Crippen molar-refractivity contribution in [2.45, 2.75) is 46.1 Å². The van der Waals surface area contributed by atoms with Crippen LogP contribution in [-0.2, 0) is 17.6 Å². The summed E-state index contributed by atoms with van der Waals surface area (Å²) in [7, 11) is 0. The van der Waals surface area contributed by atoms with Gasteiger partial charge in [-0.25, -0.2) is 0 Å². The third-order valence-electron chi connectivity index (χ3n) is 3.36. The van der Waals surface area contributed by atoms with Gasteiger partial charge in [-0.15, -0.1) is 0 Å². The lowest BCUT2D eigenvalue weighted by atomic mass is 9.87. The molecule has 0 fully saturated rings. The van der Waals surface area contributed by atoms with Gasteiger partial charge in [0.15, 0.2) is 0 Å². The molecule has 1 atom stereocenters. The minimum absolute atomic E-state index is 0.155. The lowest BCUT2D eigenvalue weighted by Gasteiger charge is -2.28. The summed E-state index contributed by atoms with van der Waals surface area (Å²) in [6, 6.07) is 8.83. The van der Waals surface area contributed by atoms with Crippen molar-refractivity contribution in [1.82, 2.24) is 5.32 Å². The molecular formula is C15H21NO. The molecule has 0 saturated heterocycles. The van der Waals surface area contributed by atoms with Gasteiger partial charge in [0.05, 0.1) is 0 Å². The van der Waals surface area contributed by atoms with E-state index in [0.717, 1.165) is 19.3 Å². The van der Waals surface area contributed by atoms with E-state index in [0.29, 0.717) is 6.04 Å². The van der Waals surface area contributed by atoms with Crippen LogP contribution in [0.25, 0.3) is 0 Å². The van der Waals surface area contributed by atoms with Gasteiger partial charge in [-0.2, -0.15) is 0 Å². The van der Waals surface area contributed by atoms with Crippen molar-refractivity contribution in [3.8, 4) is 0 Å². The van der Waals surface area contributed by atoms with E-state index in [9.17, 15) is 4.79 Å². The molecule has 0 radical (unpaired) electrons. The van der Waals surface area contributed by atoms with Crippen LogP contribution in [0.5, 0.6) is 0 Å². The molecule has 92 valence electrons. The molecule has 1 aliphatic rings. The SMILES string of the molecule is CC(C)(C)C(=O)NC1CCc2ccccc2C1. The summed E-state index contributed by atoms with van der Waals surface area (Å²) < 4.78 is 0. The van der Waals surface area contributed by atoms with Crippen molar-refractivity contribution < 1.29 is 4.79 Å². The van der Waals surface area contributed by atoms with Crippen LogP contribution in [0.3, 0.4) is 0 Å². The monoisotopic (exact) mass is 231 g/mol. The van der Waals surface area contributed by atoms with Crippen LogP contribution in [0.1, 0.15) is 38.3 Å². The fraction of sp³-hybridized carbons (Fsp3) is 0.533. The molecule has 0 aliphatic heterocycles. The molecule has 1 N–H and O–H groups in total. The third-order valence-corrected chi connectivity index (χ3v) is 3.36. The fourth-order valence-corrected chi connectivity index (χ4v) is 2.22. The largest absolute Gasteiger partial charge is 0.353 e. The molecule has 0 spiro atoms. The second-order valence-electron chi connectivity index (χ2n) is 5.93. The van der Waals surface area contributed by atoms with Crippen LogP contribution in [0.2, 0.25) is 0 Å². The number of carbonyl (C=O) groups is 1. The molecule has 1 aromatic rings. The first-order valence-corrected chi connectivity index (χ1v) is 6.34. The molecule has 0 bridgehead atoms. The van der Waals surface area contributed by atoms with Gasteiger partial charge in [-0.05, 0) is 30.4 Å². The van der Waals surface area contributed by atoms with E-state index in [-0.39, 0.29) is 11.3 Å². The zero-order valence-electron chi connectivity index (χ0n) is 10.9. The lowest BCUT2D eigenvalue weighted by molar-refractivity contribution is -0.129. The van der Waals surface area contributed by atoms with Crippen LogP contribution in [0, 0.1) is 5.41 Å². The summed E-state index contributed by atoms with van der Waals surface area (Å²) in [5, 5.41) is 3.16. The van der Waals surface area contributed by atoms with E-state index in [1.165, 1.54) is 11.1 Å². The highest BCUT2D eigenvalue weighted by molar-refractivity contribution is 5.81. The number of carbonyl (C=O) groups excluding carboxylic acids is 1. The van der Waals surface area contributed by atoms with E-state index >= 15 is 0 Å². The number of rotatable bonds is 1. The zero-order chi connectivity index (χ0) is 12.5. The first-order chi connectivity index (χ1) is 7.97. The van der Waals surface area contributed by atoms with Crippen LogP contribution in [-0.4, -0.2) is 11.9 Å². The maximum Gasteiger partial charge on any atom is 0.225 e. The smallest absolute Gasteiger partial charge is 0.225 e. The fourth-order valence-electron chi connectivity index (χ4n) is 2.22. The lowest BCUT2D eigenvalue weighted by Crippen LogP contribution is -2.44. The van der Waals surface area contributed by atoms with Gasteiger partial charge >= 0.3 is 0 Å². The van der Waals surface area contributed by atoms with Crippen LogP contribution in [0.4, 0.5) is 0 Å². The van der Waals surface area contributed by atoms with Gasteiger partial charge < -0.3 is 5.32 Å². The molecule has 0 heterocycles. The van der Waals surface area contributed by atoms with Gasteiger partial charge in [0, 0.05) is 11.5 Å². The Morgan fingerprint density at radius 2 is 1.88 bits per heavy atom. The maximum absolute atomic E-state index is 11.9. The minimum Gasteiger partial charge on any atom is -0.353 e. The second-order valence-corrected chi connectivity index (χ2v) is 5.93. The number of benzene rings is 1. The Labute approximate surface area is 103 Å². The summed E-state index contributed by atoms with van der Waals surface area (Å²) in [6.07, 6.45) is 3.10. The molecule has 2 rings (SSSR count). The summed E-state index contributed by atoms with van der Waals surface area (Å²) >= 11 is 0. The third kappa shape index (κ3) is 2.87. The predicted octanol–water partition coefficient (Wildman–Crippen LogP) is 2.71. The van der Waals surface area contributed by atoms with Crippen molar-refractivity contribution in [3.63, 3.8) is 0 Å². The Kier molecular flexibility index (Phi) is 3.23. The zero-order valence-corrected chi connectivity index (χ0v) is 10.9. The Balaban J connectivity index is 2.01. The quantitative estimate of drug-likeness (QED) is 0.791. The summed E-state index contributed by atoms with van der Waals surface area (Å²) in [6.45, 7) is 5.87. The van der Waals surface area contributed by atoms with Crippen molar-refractivity contribution in [2.75, 3.05) is 0 Å². The summed E-state index contributed by atoms with van der Waals surface area (Å²) in [5.41, 5.74) is 2.53. The average molecular weight is 231 g/mol.